The Morgan fingerprint density at radius 3 is 2.46 bits per heavy atom. The Morgan fingerprint density at radius 1 is 1.08 bits per heavy atom. The van der Waals surface area contributed by atoms with Crippen LogP contribution in [0.25, 0.3) is 0 Å². The van der Waals surface area contributed by atoms with Gasteiger partial charge >= 0.3 is 5.69 Å². The van der Waals surface area contributed by atoms with Gasteiger partial charge in [0.1, 0.15) is 0 Å². The molecule has 2 rings (SSSR count). The second-order valence-electron chi connectivity index (χ2n) is 4.78. The smallest absolute Gasteiger partial charge is 0.310 e. The zero-order valence-corrected chi connectivity index (χ0v) is 12.5. The molecule has 1 N–H and O–H groups in total. The van der Waals surface area contributed by atoms with E-state index in [1.54, 1.807) is 6.07 Å². The molecule has 2 aromatic carbocycles. The van der Waals surface area contributed by atoms with Crippen LogP contribution in [0.2, 0.25) is 0 Å². The monoisotopic (exact) mass is 331 g/mol. The first-order chi connectivity index (χ1) is 11.4. The van der Waals surface area contributed by atoms with E-state index in [-0.39, 0.29) is 22.8 Å². The molecule has 0 aliphatic rings. The predicted molar refractivity (Wildman–Crippen MR) is 84.9 cm³/mol. The number of hydrogen-bond donors (Lipinski definition) is 1. The number of benzene rings is 2. The third-order valence-electron chi connectivity index (χ3n) is 3.06. The maximum absolute atomic E-state index is 12.1. The van der Waals surface area contributed by atoms with Crippen molar-refractivity contribution in [3.63, 3.8) is 0 Å². The van der Waals surface area contributed by atoms with E-state index in [4.69, 9.17) is 4.74 Å². The quantitative estimate of drug-likeness (QED) is 0.641. The van der Waals surface area contributed by atoms with Gasteiger partial charge in [0.05, 0.1) is 9.85 Å². The van der Waals surface area contributed by atoms with E-state index in [1.807, 2.05) is 0 Å². The third kappa shape index (κ3) is 4.03. The van der Waals surface area contributed by atoms with Gasteiger partial charge in [0.2, 0.25) is 0 Å². The Morgan fingerprint density at radius 2 is 1.79 bits per heavy atom. The predicted octanol–water partition coefficient (Wildman–Crippen LogP) is 2.91. The SMILES string of the molecule is CC(Oc1ccccc1[N+](=O)[O-])C(=O)Nc1cccc([N+](=O)[O-])c1. The van der Waals surface area contributed by atoms with E-state index < -0.39 is 21.9 Å². The van der Waals surface area contributed by atoms with Gasteiger partial charge in [-0.1, -0.05) is 18.2 Å². The molecule has 0 spiro atoms. The van der Waals surface area contributed by atoms with Gasteiger partial charge in [0.25, 0.3) is 11.6 Å². The van der Waals surface area contributed by atoms with Crippen molar-refractivity contribution in [2.45, 2.75) is 13.0 Å². The van der Waals surface area contributed by atoms with Crippen LogP contribution in [0.4, 0.5) is 17.1 Å². The van der Waals surface area contributed by atoms with Crippen molar-refractivity contribution < 1.29 is 19.4 Å². The van der Waals surface area contributed by atoms with Crippen LogP contribution in [0, 0.1) is 20.2 Å². The van der Waals surface area contributed by atoms with Gasteiger partial charge in [-0.25, -0.2) is 0 Å². The van der Waals surface area contributed by atoms with Crippen LogP contribution in [-0.2, 0) is 4.79 Å². The summed E-state index contributed by atoms with van der Waals surface area (Å²) in [6.45, 7) is 1.42. The standard InChI is InChI=1S/C15H13N3O6/c1-10(24-14-8-3-2-7-13(14)18(22)23)15(19)16-11-5-4-6-12(9-11)17(20)21/h2-10H,1H3,(H,16,19). The first-order valence-corrected chi connectivity index (χ1v) is 6.84. The average molecular weight is 331 g/mol. The fraction of sp³-hybridized carbons (Fsp3) is 0.133. The summed E-state index contributed by atoms with van der Waals surface area (Å²) in [5.41, 5.74) is -0.195. The zero-order chi connectivity index (χ0) is 17.7. The van der Waals surface area contributed by atoms with Gasteiger partial charge in [-0.05, 0) is 19.1 Å². The van der Waals surface area contributed by atoms with Crippen molar-refractivity contribution in [1.82, 2.24) is 0 Å². The molecule has 0 aliphatic carbocycles. The van der Waals surface area contributed by atoms with Crippen molar-refractivity contribution in [3.05, 3.63) is 68.8 Å². The summed E-state index contributed by atoms with van der Waals surface area (Å²) in [6, 6.07) is 11.1. The summed E-state index contributed by atoms with van der Waals surface area (Å²) < 4.78 is 5.33. The Bertz CT molecular complexity index is 792. The molecule has 1 unspecified atom stereocenters. The number of nitro benzene ring substituents is 2. The fourth-order valence-electron chi connectivity index (χ4n) is 1.89. The molecule has 0 heterocycles. The number of amides is 1. The molecule has 0 saturated carbocycles. The van der Waals surface area contributed by atoms with Gasteiger partial charge in [0, 0.05) is 23.9 Å². The van der Waals surface area contributed by atoms with Crippen molar-refractivity contribution in [2.75, 3.05) is 5.32 Å². The molecule has 0 aromatic heterocycles. The van der Waals surface area contributed by atoms with Crippen molar-refractivity contribution >= 4 is 23.0 Å². The number of nitro groups is 2. The number of para-hydroxylation sites is 2. The number of nitrogens with one attached hydrogen (secondary N) is 1. The minimum Gasteiger partial charge on any atom is -0.474 e. The average Bonchev–Trinajstić information content (AvgIpc) is 2.55. The lowest BCUT2D eigenvalue weighted by atomic mass is 10.2. The minimum absolute atomic E-state index is 0.0378. The second-order valence-corrected chi connectivity index (χ2v) is 4.78. The Balaban J connectivity index is 2.09. The highest BCUT2D eigenvalue weighted by Gasteiger charge is 2.21. The molecular weight excluding hydrogens is 318 g/mol. The zero-order valence-electron chi connectivity index (χ0n) is 12.5. The maximum Gasteiger partial charge on any atom is 0.310 e. The normalized spacial score (nSPS) is 11.4. The number of carbonyl (C=O) groups is 1. The number of hydrogen-bond acceptors (Lipinski definition) is 6. The van der Waals surface area contributed by atoms with Crippen LogP contribution in [0.1, 0.15) is 6.92 Å². The van der Waals surface area contributed by atoms with E-state index in [0.717, 1.165) is 0 Å². The molecule has 1 atom stereocenters. The summed E-state index contributed by atoms with van der Waals surface area (Å²) in [7, 11) is 0. The summed E-state index contributed by atoms with van der Waals surface area (Å²) in [4.78, 5) is 32.6. The van der Waals surface area contributed by atoms with Crippen LogP contribution in [0.5, 0.6) is 5.75 Å². The number of ether oxygens (including phenoxy) is 1. The molecule has 9 nitrogen and oxygen atoms in total. The van der Waals surface area contributed by atoms with Crippen molar-refractivity contribution in [2.24, 2.45) is 0 Å². The first-order valence-electron chi connectivity index (χ1n) is 6.84. The molecule has 24 heavy (non-hydrogen) atoms. The van der Waals surface area contributed by atoms with Crippen molar-refractivity contribution in [3.8, 4) is 5.75 Å². The second kappa shape index (κ2) is 7.18. The Kier molecular flexibility index (Phi) is 5.05. The number of anilines is 1. The molecule has 0 fully saturated rings. The van der Waals surface area contributed by atoms with E-state index in [0.29, 0.717) is 0 Å². The molecular formula is C15H13N3O6. The topological polar surface area (TPSA) is 125 Å². The minimum atomic E-state index is -1.04. The van der Waals surface area contributed by atoms with Gasteiger partial charge < -0.3 is 10.1 Å². The maximum atomic E-state index is 12.1. The highest BCUT2D eigenvalue weighted by Crippen LogP contribution is 2.27. The summed E-state index contributed by atoms with van der Waals surface area (Å²) in [5, 5.41) is 24.1. The summed E-state index contributed by atoms with van der Waals surface area (Å²) in [5.74, 6) is -0.627. The van der Waals surface area contributed by atoms with Gasteiger partial charge in [-0.3, -0.25) is 25.0 Å². The number of rotatable bonds is 6. The van der Waals surface area contributed by atoms with Crippen LogP contribution >= 0.6 is 0 Å². The van der Waals surface area contributed by atoms with Crippen LogP contribution < -0.4 is 10.1 Å². The number of non-ortho nitro benzene ring substituents is 1. The molecule has 0 saturated heterocycles. The molecule has 9 heteroatoms. The summed E-state index contributed by atoms with van der Waals surface area (Å²) >= 11 is 0. The lowest BCUT2D eigenvalue weighted by Gasteiger charge is -2.14. The van der Waals surface area contributed by atoms with Crippen LogP contribution in [0.15, 0.2) is 48.5 Å². The molecule has 0 bridgehead atoms. The third-order valence-corrected chi connectivity index (χ3v) is 3.06. The first kappa shape index (κ1) is 16.9. The van der Waals surface area contributed by atoms with E-state index in [2.05, 4.69) is 5.32 Å². The van der Waals surface area contributed by atoms with E-state index >= 15 is 0 Å². The lowest BCUT2D eigenvalue weighted by molar-refractivity contribution is -0.386. The number of nitrogens with zero attached hydrogens (tertiary/aromatic N) is 2. The largest absolute Gasteiger partial charge is 0.474 e. The molecule has 124 valence electrons. The lowest BCUT2D eigenvalue weighted by Crippen LogP contribution is -2.30. The molecule has 2 aromatic rings. The fourth-order valence-corrected chi connectivity index (χ4v) is 1.89. The Labute approximate surface area is 136 Å². The van der Waals surface area contributed by atoms with E-state index in [1.165, 1.54) is 49.4 Å². The van der Waals surface area contributed by atoms with Crippen molar-refractivity contribution in [1.29, 1.82) is 0 Å². The molecule has 0 aliphatic heterocycles. The van der Waals surface area contributed by atoms with Gasteiger partial charge in [-0.15, -0.1) is 0 Å². The summed E-state index contributed by atoms with van der Waals surface area (Å²) in [6.07, 6.45) is -1.04. The number of carbonyl (C=O) groups excluding carboxylic acids is 1. The highest BCUT2D eigenvalue weighted by atomic mass is 16.6. The van der Waals surface area contributed by atoms with Crippen LogP contribution in [-0.4, -0.2) is 21.9 Å². The highest BCUT2D eigenvalue weighted by molar-refractivity contribution is 5.94. The van der Waals surface area contributed by atoms with Crippen LogP contribution in [0.3, 0.4) is 0 Å². The van der Waals surface area contributed by atoms with Gasteiger partial charge in [0.15, 0.2) is 11.9 Å². The van der Waals surface area contributed by atoms with Gasteiger partial charge in [-0.2, -0.15) is 0 Å². The van der Waals surface area contributed by atoms with E-state index in [9.17, 15) is 25.0 Å². The Hall–Kier alpha value is -3.49. The molecule has 1 amide bonds. The molecule has 0 radical (unpaired) electrons.